The van der Waals surface area contributed by atoms with E-state index in [4.69, 9.17) is 0 Å². The summed E-state index contributed by atoms with van der Waals surface area (Å²) < 4.78 is 28.1. The van der Waals surface area contributed by atoms with E-state index in [0.29, 0.717) is 5.69 Å². The van der Waals surface area contributed by atoms with Gasteiger partial charge in [-0.2, -0.15) is 0 Å². The monoisotopic (exact) mass is 341 g/mol. The van der Waals surface area contributed by atoms with Gasteiger partial charge in [0.05, 0.1) is 12.1 Å². The molecule has 0 aliphatic carbocycles. The van der Waals surface area contributed by atoms with Crippen molar-refractivity contribution in [2.24, 2.45) is 0 Å². The molecule has 1 atom stereocenters. The lowest BCUT2D eigenvalue weighted by molar-refractivity contribution is 0.220. The van der Waals surface area contributed by atoms with Crippen molar-refractivity contribution in [2.75, 3.05) is 11.9 Å². The molecule has 1 unspecified atom stereocenters. The molecule has 2 N–H and O–H groups in total. The lowest BCUT2D eigenvalue weighted by atomic mass is 9.91. The molecule has 0 saturated heterocycles. The number of rotatable bonds is 4. The van der Waals surface area contributed by atoms with Gasteiger partial charge in [-0.25, -0.2) is 8.78 Å². The summed E-state index contributed by atoms with van der Waals surface area (Å²) >= 11 is 3.32. The molecule has 0 saturated carbocycles. The minimum atomic E-state index is -1.11. The van der Waals surface area contributed by atoms with Gasteiger partial charge >= 0.3 is 0 Å². The van der Waals surface area contributed by atoms with Gasteiger partial charge in [0.25, 0.3) is 0 Å². The van der Waals surface area contributed by atoms with Crippen LogP contribution in [0.5, 0.6) is 0 Å². The van der Waals surface area contributed by atoms with Crippen molar-refractivity contribution in [3.05, 3.63) is 64.1 Å². The van der Waals surface area contributed by atoms with Gasteiger partial charge in [-0.3, -0.25) is 0 Å². The lowest BCUT2D eigenvalue weighted by Crippen LogP contribution is -2.37. The molecule has 0 amide bonds. The first-order valence-corrected chi connectivity index (χ1v) is 6.84. The first-order valence-electron chi connectivity index (χ1n) is 6.05. The Morgan fingerprint density at radius 1 is 1.15 bits per heavy atom. The molecule has 0 aliphatic rings. The summed E-state index contributed by atoms with van der Waals surface area (Å²) in [4.78, 5) is 0. The number of halogens is 3. The van der Waals surface area contributed by atoms with Crippen molar-refractivity contribution in [3.8, 4) is 0 Å². The van der Waals surface area contributed by atoms with Crippen LogP contribution in [0.25, 0.3) is 0 Å². The van der Waals surface area contributed by atoms with Crippen LogP contribution in [-0.4, -0.2) is 11.7 Å². The number of anilines is 1. The van der Waals surface area contributed by atoms with Gasteiger partial charge in [0.1, 0.15) is 11.6 Å². The summed E-state index contributed by atoms with van der Waals surface area (Å²) in [7, 11) is 0. The number of hydrogen-bond donors (Lipinski definition) is 2. The molecule has 20 heavy (non-hydrogen) atoms. The second-order valence-electron chi connectivity index (χ2n) is 4.75. The maximum absolute atomic E-state index is 13.9. The summed E-state index contributed by atoms with van der Waals surface area (Å²) in [5.41, 5.74) is -0.323. The first kappa shape index (κ1) is 14.9. The van der Waals surface area contributed by atoms with E-state index < -0.39 is 17.2 Å². The van der Waals surface area contributed by atoms with Crippen LogP contribution in [0.3, 0.4) is 0 Å². The van der Waals surface area contributed by atoms with E-state index in [1.54, 1.807) is 19.1 Å². The van der Waals surface area contributed by atoms with Crippen LogP contribution in [0.4, 0.5) is 14.5 Å². The predicted molar refractivity (Wildman–Crippen MR) is 78.6 cm³/mol. The summed E-state index contributed by atoms with van der Waals surface area (Å²) in [5.74, 6) is -1.11. The molecule has 5 heteroatoms. The molecule has 2 aromatic rings. The highest BCUT2D eigenvalue weighted by molar-refractivity contribution is 9.10. The molecule has 0 radical (unpaired) electrons. The fourth-order valence-electron chi connectivity index (χ4n) is 1.96. The van der Waals surface area contributed by atoms with Crippen LogP contribution < -0.4 is 5.32 Å². The van der Waals surface area contributed by atoms with Crippen LogP contribution in [0.2, 0.25) is 0 Å². The Labute approximate surface area is 124 Å². The highest BCUT2D eigenvalue weighted by Gasteiger charge is 2.29. The summed E-state index contributed by atoms with van der Waals surface area (Å²) in [6.07, 6.45) is 0. The Kier molecular flexibility index (Phi) is 4.40. The molecule has 0 fully saturated rings. The van der Waals surface area contributed by atoms with E-state index >= 15 is 0 Å². The summed E-state index contributed by atoms with van der Waals surface area (Å²) in [5, 5.41) is 12.6. The molecule has 0 spiro atoms. The number of aliphatic hydroxyl groups is 1. The van der Waals surface area contributed by atoms with Gasteiger partial charge in [-0.15, -0.1) is 0 Å². The van der Waals surface area contributed by atoms with Crippen molar-refractivity contribution in [2.45, 2.75) is 12.5 Å². The van der Waals surface area contributed by atoms with E-state index in [1.165, 1.54) is 0 Å². The smallest absolute Gasteiger partial charge is 0.129 e. The van der Waals surface area contributed by atoms with E-state index in [0.717, 1.165) is 22.7 Å². The quantitative estimate of drug-likeness (QED) is 0.879. The van der Waals surface area contributed by atoms with E-state index in [9.17, 15) is 13.9 Å². The van der Waals surface area contributed by atoms with Crippen LogP contribution in [0.15, 0.2) is 46.9 Å². The Morgan fingerprint density at radius 3 is 2.40 bits per heavy atom. The van der Waals surface area contributed by atoms with Gasteiger partial charge in [0.2, 0.25) is 0 Å². The van der Waals surface area contributed by atoms with Gasteiger partial charge in [-0.1, -0.05) is 15.9 Å². The fourth-order valence-corrected chi connectivity index (χ4v) is 2.23. The highest BCUT2D eigenvalue weighted by atomic mass is 79.9. The molecular weight excluding hydrogens is 328 g/mol. The maximum atomic E-state index is 13.9. The molecule has 106 valence electrons. The standard InChI is InChI=1S/C15H14BrF2NO/c1-15(9-20,13-8-11(17)4-7-14(13)18)19-12-5-2-10(16)3-6-12/h2-8,19-20H,9H2,1H3. The van der Waals surface area contributed by atoms with Gasteiger partial charge in [0.15, 0.2) is 0 Å². The van der Waals surface area contributed by atoms with Crippen molar-refractivity contribution in [1.82, 2.24) is 0 Å². The zero-order valence-corrected chi connectivity index (χ0v) is 12.4. The van der Waals surface area contributed by atoms with Crippen molar-refractivity contribution < 1.29 is 13.9 Å². The summed E-state index contributed by atoms with van der Waals surface area (Å²) in [6, 6.07) is 10.4. The minimum Gasteiger partial charge on any atom is -0.394 e. The van der Waals surface area contributed by atoms with Crippen LogP contribution in [-0.2, 0) is 5.54 Å². The Morgan fingerprint density at radius 2 is 1.80 bits per heavy atom. The Balaban J connectivity index is 2.37. The van der Waals surface area contributed by atoms with Gasteiger partial charge < -0.3 is 10.4 Å². The first-order chi connectivity index (χ1) is 9.44. The molecule has 2 rings (SSSR count). The average Bonchev–Trinajstić information content (AvgIpc) is 2.44. The highest BCUT2D eigenvalue weighted by Crippen LogP contribution is 2.29. The topological polar surface area (TPSA) is 32.3 Å². The number of aliphatic hydroxyl groups excluding tert-OH is 1. The molecule has 0 heterocycles. The predicted octanol–water partition coefficient (Wildman–Crippen LogP) is 4.05. The second-order valence-corrected chi connectivity index (χ2v) is 5.66. The van der Waals surface area contributed by atoms with Crippen LogP contribution in [0.1, 0.15) is 12.5 Å². The van der Waals surface area contributed by atoms with Crippen molar-refractivity contribution in [3.63, 3.8) is 0 Å². The van der Waals surface area contributed by atoms with E-state index in [2.05, 4.69) is 21.2 Å². The van der Waals surface area contributed by atoms with Gasteiger partial charge in [0, 0.05) is 15.7 Å². The number of benzene rings is 2. The largest absolute Gasteiger partial charge is 0.394 e. The molecule has 2 aromatic carbocycles. The molecule has 0 bridgehead atoms. The van der Waals surface area contributed by atoms with Gasteiger partial charge in [-0.05, 0) is 49.4 Å². The maximum Gasteiger partial charge on any atom is 0.129 e. The zero-order valence-electron chi connectivity index (χ0n) is 10.8. The van der Waals surface area contributed by atoms with Crippen LogP contribution in [0, 0.1) is 11.6 Å². The molecular formula is C15H14BrF2NO. The third kappa shape index (κ3) is 3.16. The zero-order chi connectivity index (χ0) is 14.8. The molecule has 2 nitrogen and oxygen atoms in total. The minimum absolute atomic E-state index is 0.0860. The lowest BCUT2D eigenvalue weighted by Gasteiger charge is -2.31. The van der Waals surface area contributed by atoms with Crippen molar-refractivity contribution in [1.29, 1.82) is 0 Å². The van der Waals surface area contributed by atoms with Crippen LogP contribution >= 0.6 is 15.9 Å². The molecule has 0 aromatic heterocycles. The average molecular weight is 342 g/mol. The van der Waals surface area contributed by atoms with E-state index in [1.807, 2.05) is 12.1 Å². The fraction of sp³-hybridized carbons (Fsp3) is 0.200. The summed E-state index contributed by atoms with van der Waals surface area (Å²) in [6.45, 7) is 1.25. The number of hydrogen-bond acceptors (Lipinski definition) is 2. The van der Waals surface area contributed by atoms with E-state index in [-0.39, 0.29) is 12.2 Å². The molecule has 0 aliphatic heterocycles. The third-order valence-corrected chi connectivity index (χ3v) is 3.63. The SMILES string of the molecule is CC(CO)(Nc1ccc(Br)cc1)c1cc(F)ccc1F. The number of nitrogens with one attached hydrogen (secondary N) is 1. The van der Waals surface area contributed by atoms with Crippen molar-refractivity contribution >= 4 is 21.6 Å². The normalized spacial score (nSPS) is 13.8. The third-order valence-electron chi connectivity index (χ3n) is 3.10. The second kappa shape index (κ2) is 5.89. The Hall–Kier alpha value is -1.46. The Bertz CT molecular complexity index is 603.